The van der Waals surface area contributed by atoms with Gasteiger partial charge in [-0.3, -0.25) is 4.79 Å². The lowest BCUT2D eigenvalue weighted by molar-refractivity contribution is 0.0935. The van der Waals surface area contributed by atoms with E-state index >= 15 is 0 Å². The Morgan fingerprint density at radius 1 is 1.12 bits per heavy atom. The number of benzene rings is 2. The number of para-hydroxylation sites is 1. The summed E-state index contributed by atoms with van der Waals surface area (Å²) in [7, 11) is 0. The number of carbonyl (C=O) groups is 1. The monoisotopic (exact) mass is 357 g/mol. The van der Waals surface area contributed by atoms with Gasteiger partial charge in [-0.25, -0.2) is 0 Å². The lowest BCUT2D eigenvalue weighted by atomic mass is 10.1. The molecule has 1 heterocycles. The Morgan fingerprint density at radius 3 is 2.65 bits per heavy atom. The molecule has 0 radical (unpaired) electrons. The average molecular weight is 357 g/mol. The summed E-state index contributed by atoms with van der Waals surface area (Å²) in [4.78, 5) is 12.7. The molecule has 1 unspecified atom stereocenters. The Hall–Kier alpha value is -2.89. The van der Waals surface area contributed by atoms with Gasteiger partial charge in [0.1, 0.15) is 0 Å². The van der Waals surface area contributed by atoms with E-state index in [1.165, 1.54) is 0 Å². The fourth-order valence-electron chi connectivity index (χ4n) is 2.80. The second-order valence-electron chi connectivity index (χ2n) is 5.81. The molecule has 2 aromatic rings. The average Bonchev–Trinajstić information content (AvgIpc) is 3.12. The topological polar surface area (TPSA) is 66.0 Å². The molecular formula is C20H23NO5. The van der Waals surface area contributed by atoms with Gasteiger partial charge in [0, 0.05) is 0 Å². The van der Waals surface area contributed by atoms with Crippen LogP contribution < -0.4 is 24.3 Å². The maximum absolute atomic E-state index is 12.7. The van der Waals surface area contributed by atoms with E-state index < -0.39 is 0 Å². The SMILES string of the molecule is CCOc1ccc(C(C)NC(=O)c2cccc3c2OCO3)cc1OCC. The molecule has 0 bridgehead atoms. The maximum atomic E-state index is 12.7. The molecule has 1 aliphatic rings. The van der Waals surface area contributed by atoms with Gasteiger partial charge in [-0.15, -0.1) is 0 Å². The fraction of sp³-hybridized carbons (Fsp3) is 0.350. The molecule has 0 spiro atoms. The minimum absolute atomic E-state index is 0.131. The van der Waals surface area contributed by atoms with Crippen molar-refractivity contribution < 1.29 is 23.7 Å². The molecule has 0 aliphatic carbocycles. The van der Waals surface area contributed by atoms with Crippen molar-refractivity contribution >= 4 is 5.91 Å². The van der Waals surface area contributed by atoms with Gasteiger partial charge in [-0.1, -0.05) is 12.1 Å². The first-order valence-corrected chi connectivity index (χ1v) is 8.73. The Labute approximate surface area is 153 Å². The van der Waals surface area contributed by atoms with Crippen molar-refractivity contribution in [3.05, 3.63) is 47.5 Å². The molecule has 0 aromatic heterocycles. The number of amides is 1. The highest BCUT2D eigenvalue weighted by molar-refractivity contribution is 5.98. The number of nitrogens with one attached hydrogen (secondary N) is 1. The first-order valence-electron chi connectivity index (χ1n) is 8.73. The van der Waals surface area contributed by atoms with Crippen LogP contribution in [0.4, 0.5) is 0 Å². The molecule has 6 nitrogen and oxygen atoms in total. The number of hydrogen-bond acceptors (Lipinski definition) is 5. The molecule has 1 N–H and O–H groups in total. The summed E-state index contributed by atoms with van der Waals surface area (Å²) in [5.41, 5.74) is 1.39. The Kier molecular flexibility index (Phi) is 5.51. The van der Waals surface area contributed by atoms with Crippen LogP contribution in [0.2, 0.25) is 0 Å². The fourth-order valence-corrected chi connectivity index (χ4v) is 2.80. The van der Waals surface area contributed by atoms with Crippen LogP contribution >= 0.6 is 0 Å². The molecule has 26 heavy (non-hydrogen) atoms. The van der Waals surface area contributed by atoms with Gasteiger partial charge in [-0.2, -0.15) is 0 Å². The van der Waals surface area contributed by atoms with Gasteiger partial charge in [0.05, 0.1) is 24.8 Å². The van der Waals surface area contributed by atoms with Crippen molar-refractivity contribution in [2.45, 2.75) is 26.8 Å². The number of fused-ring (bicyclic) bond motifs is 1. The molecule has 1 aliphatic heterocycles. The van der Waals surface area contributed by atoms with Crippen molar-refractivity contribution in [2.75, 3.05) is 20.0 Å². The maximum Gasteiger partial charge on any atom is 0.255 e. The van der Waals surface area contributed by atoms with Crippen LogP contribution in [0.25, 0.3) is 0 Å². The van der Waals surface area contributed by atoms with Crippen LogP contribution in [0.15, 0.2) is 36.4 Å². The number of rotatable bonds is 7. The quantitative estimate of drug-likeness (QED) is 0.818. The summed E-state index contributed by atoms with van der Waals surface area (Å²) in [6, 6.07) is 10.8. The largest absolute Gasteiger partial charge is 0.490 e. The van der Waals surface area contributed by atoms with Crippen LogP contribution in [-0.4, -0.2) is 25.9 Å². The molecule has 1 amide bonds. The summed E-state index contributed by atoms with van der Waals surface area (Å²) >= 11 is 0. The highest BCUT2D eigenvalue weighted by Gasteiger charge is 2.23. The van der Waals surface area contributed by atoms with Gasteiger partial charge in [-0.05, 0) is 50.6 Å². The van der Waals surface area contributed by atoms with Crippen LogP contribution in [-0.2, 0) is 0 Å². The third kappa shape index (κ3) is 3.69. The third-order valence-corrected chi connectivity index (χ3v) is 4.06. The molecule has 0 saturated carbocycles. The lowest BCUT2D eigenvalue weighted by Crippen LogP contribution is -2.27. The van der Waals surface area contributed by atoms with Crippen molar-refractivity contribution in [3.63, 3.8) is 0 Å². The summed E-state index contributed by atoms with van der Waals surface area (Å²) in [5, 5.41) is 2.99. The molecule has 3 rings (SSSR count). The number of carbonyl (C=O) groups excluding carboxylic acids is 1. The predicted octanol–water partition coefficient (Wildman–Crippen LogP) is 3.70. The second kappa shape index (κ2) is 7.99. The zero-order valence-electron chi connectivity index (χ0n) is 15.2. The van der Waals surface area contributed by atoms with Gasteiger partial charge in [0.15, 0.2) is 23.0 Å². The normalized spacial score (nSPS) is 13.2. The van der Waals surface area contributed by atoms with Crippen LogP contribution in [0.1, 0.15) is 42.7 Å². The molecule has 138 valence electrons. The van der Waals surface area contributed by atoms with E-state index in [1.54, 1.807) is 18.2 Å². The van der Waals surface area contributed by atoms with E-state index in [4.69, 9.17) is 18.9 Å². The first-order chi connectivity index (χ1) is 12.6. The minimum atomic E-state index is -0.216. The Morgan fingerprint density at radius 2 is 1.88 bits per heavy atom. The van der Waals surface area contributed by atoms with E-state index in [2.05, 4.69) is 5.32 Å². The number of ether oxygens (including phenoxy) is 4. The summed E-state index contributed by atoms with van der Waals surface area (Å²) in [6.45, 7) is 7.00. The zero-order chi connectivity index (χ0) is 18.5. The van der Waals surface area contributed by atoms with Crippen LogP contribution in [0.5, 0.6) is 23.0 Å². The van der Waals surface area contributed by atoms with Crippen molar-refractivity contribution in [1.82, 2.24) is 5.32 Å². The van der Waals surface area contributed by atoms with E-state index in [0.717, 1.165) is 5.56 Å². The Bertz CT molecular complexity index is 790. The number of hydrogen-bond donors (Lipinski definition) is 1. The van der Waals surface area contributed by atoms with Gasteiger partial charge in [0.2, 0.25) is 6.79 Å². The summed E-state index contributed by atoms with van der Waals surface area (Å²) in [5.74, 6) is 2.23. The van der Waals surface area contributed by atoms with E-state index in [9.17, 15) is 4.79 Å². The van der Waals surface area contributed by atoms with Gasteiger partial charge >= 0.3 is 0 Å². The molecule has 1 atom stereocenters. The van der Waals surface area contributed by atoms with Crippen LogP contribution in [0, 0.1) is 0 Å². The highest BCUT2D eigenvalue weighted by Crippen LogP contribution is 2.36. The van der Waals surface area contributed by atoms with Crippen molar-refractivity contribution in [3.8, 4) is 23.0 Å². The smallest absolute Gasteiger partial charge is 0.255 e. The first kappa shape index (κ1) is 17.9. The molecule has 2 aromatic carbocycles. The predicted molar refractivity (Wildman–Crippen MR) is 97.2 cm³/mol. The summed E-state index contributed by atoms with van der Waals surface area (Å²) < 4.78 is 22.0. The molecule has 0 saturated heterocycles. The van der Waals surface area contributed by atoms with Crippen LogP contribution in [0.3, 0.4) is 0 Å². The minimum Gasteiger partial charge on any atom is -0.490 e. The highest BCUT2D eigenvalue weighted by atomic mass is 16.7. The molecule has 0 fully saturated rings. The summed E-state index contributed by atoms with van der Waals surface area (Å²) in [6.07, 6.45) is 0. The van der Waals surface area contributed by atoms with E-state index in [1.807, 2.05) is 39.0 Å². The third-order valence-electron chi connectivity index (χ3n) is 4.06. The zero-order valence-corrected chi connectivity index (χ0v) is 15.2. The Balaban J connectivity index is 1.77. The van der Waals surface area contributed by atoms with E-state index in [-0.39, 0.29) is 18.7 Å². The molecular weight excluding hydrogens is 334 g/mol. The van der Waals surface area contributed by atoms with Gasteiger partial charge in [0.25, 0.3) is 5.91 Å². The van der Waals surface area contributed by atoms with Gasteiger partial charge < -0.3 is 24.3 Å². The van der Waals surface area contributed by atoms with Crippen molar-refractivity contribution in [2.24, 2.45) is 0 Å². The van der Waals surface area contributed by atoms with Crippen molar-refractivity contribution in [1.29, 1.82) is 0 Å². The second-order valence-corrected chi connectivity index (χ2v) is 5.81. The van der Waals surface area contributed by atoms with E-state index in [0.29, 0.717) is 41.8 Å². The standard InChI is InChI=1S/C20H23NO5/c1-4-23-16-10-9-14(11-18(16)24-5-2)13(3)21-20(22)15-7-6-8-17-19(15)26-12-25-17/h6-11,13H,4-5,12H2,1-3H3,(H,21,22). The lowest BCUT2D eigenvalue weighted by Gasteiger charge is -2.18. The molecule has 6 heteroatoms.